The first-order valence-electron chi connectivity index (χ1n) is 6.29. The number of rotatable bonds is 4. The summed E-state index contributed by atoms with van der Waals surface area (Å²) >= 11 is 0. The molecule has 0 aliphatic heterocycles. The maximum absolute atomic E-state index is 11.3. The minimum Gasteiger partial charge on any atom is -0.394 e. The molecular weight excluding hydrogens is 232 g/mol. The van der Waals surface area contributed by atoms with Gasteiger partial charge < -0.3 is 20.5 Å². The van der Waals surface area contributed by atoms with E-state index >= 15 is 0 Å². The Kier molecular flexibility index (Phi) is 3.85. The van der Waals surface area contributed by atoms with Crippen molar-refractivity contribution < 1.29 is 10.2 Å². The third-order valence-electron chi connectivity index (χ3n) is 3.55. The number of aromatic nitrogens is 1. The number of aliphatic hydroxyl groups is 2. The Hall–Kier alpha value is -1.17. The number of H-pyrrole nitrogens is 1. The van der Waals surface area contributed by atoms with E-state index in [9.17, 15) is 15.0 Å². The van der Waals surface area contributed by atoms with Gasteiger partial charge in [-0.05, 0) is 31.7 Å². The Morgan fingerprint density at radius 1 is 1.44 bits per heavy atom. The highest BCUT2D eigenvalue weighted by Gasteiger charge is 2.29. The first-order valence-corrected chi connectivity index (χ1v) is 6.29. The number of aliphatic hydroxyl groups excluding tert-OH is 2. The van der Waals surface area contributed by atoms with Crippen LogP contribution in [0.5, 0.6) is 0 Å². The zero-order chi connectivity index (χ0) is 13.2. The molecule has 0 amide bonds. The van der Waals surface area contributed by atoms with Gasteiger partial charge >= 0.3 is 0 Å². The van der Waals surface area contributed by atoms with E-state index in [1.54, 1.807) is 6.92 Å². The highest BCUT2D eigenvalue weighted by molar-refractivity contribution is 5.26. The Morgan fingerprint density at radius 2 is 2.17 bits per heavy atom. The molecule has 5 heteroatoms. The van der Waals surface area contributed by atoms with E-state index in [-0.39, 0.29) is 24.8 Å². The highest BCUT2D eigenvalue weighted by atomic mass is 16.3. The molecule has 2 rings (SSSR count). The first-order chi connectivity index (χ1) is 8.58. The van der Waals surface area contributed by atoms with Gasteiger partial charge in [0.15, 0.2) is 0 Å². The summed E-state index contributed by atoms with van der Waals surface area (Å²) in [5, 5.41) is 21.9. The molecule has 1 unspecified atom stereocenters. The molecule has 1 aliphatic carbocycles. The summed E-state index contributed by atoms with van der Waals surface area (Å²) in [5.41, 5.74) is 1.25. The predicted molar refractivity (Wildman–Crippen MR) is 68.5 cm³/mol. The molecule has 1 aliphatic rings. The zero-order valence-electron chi connectivity index (χ0n) is 10.6. The van der Waals surface area contributed by atoms with Gasteiger partial charge in [0.1, 0.15) is 0 Å². The van der Waals surface area contributed by atoms with Gasteiger partial charge in [0, 0.05) is 17.8 Å². The zero-order valence-corrected chi connectivity index (χ0v) is 10.6. The Labute approximate surface area is 106 Å². The van der Waals surface area contributed by atoms with Crippen molar-refractivity contribution >= 4 is 0 Å². The molecule has 0 saturated carbocycles. The predicted octanol–water partition coefficient (Wildman–Crippen LogP) is 0.0852. The monoisotopic (exact) mass is 252 g/mol. The second-order valence-electron chi connectivity index (χ2n) is 5.22. The van der Waals surface area contributed by atoms with Crippen LogP contribution in [0.3, 0.4) is 0 Å². The van der Waals surface area contributed by atoms with E-state index in [4.69, 9.17) is 0 Å². The Balaban J connectivity index is 2.25. The van der Waals surface area contributed by atoms with Crippen molar-refractivity contribution in [1.29, 1.82) is 0 Å². The van der Waals surface area contributed by atoms with Gasteiger partial charge in [0.2, 0.25) is 5.56 Å². The lowest BCUT2D eigenvalue weighted by atomic mass is 9.89. The standard InChI is InChI=1S/C13H20N2O3/c1-13(7-16,8-17)15-11-4-2-3-10-9(11)5-6-12(18)14-10/h5-6,11,15-17H,2-4,7-8H2,1H3,(H,14,18). The molecule has 1 atom stereocenters. The quantitative estimate of drug-likeness (QED) is 0.611. The first kappa shape index (κ1) is 13.3. The molecule has 1 heterocycles. The fraction of sp³-hybridized carbons (Fsp3) is 0.615. The van der Waals surface area contributed by atoms with Crippen LogP contribution in [0.4, 0.5) is 0 Å². The van der Waals surface area contributed by atoms with Crippen molar-refractivity contribution in [1.82, 2.24) is 10.3 Å². The Morgan fingerprint density at radius 3 is 2.83 bits per heavy atom. The normalized spacial score (nSPS) is 19.6. The van der Waals surface area contributed by atoms with Crippen molar-refractivity contribution in [2.45, 2.75) is 37.8 Å². The maximum atomic E-state index is 11.3. The van der Waals surface area contributed by atoms with Crippen molar-refractivity contribution in [3.05, 3.63) is 33.7 Å². The van der Waals surface area contributed by atoms with E-state index in [1.165, 1.54) is 6.07 Å². The lowest BCUT2D eigenvalue weighted by Gasteiger charge is -2.35. The highest BCUT2D eigenvalue weighted by Crippen LogP contribution is 2.29. The molecule has 5 nitrogen and oxygen atoms in total. The molecule has 0 bridgehead atoms. The largest absolute Gasteiger partial charge is 0.394 e. The van der Waals surface area contributed by atoms with Gasteiger partial charge in [0.25, 0.3) is 0 Å². The number of nitrogens with one attached hydrogen (secondary N) is 2. The fourth-order valence-electron chi connectivity index (χ4n) is 2.41. The van der Waals surface area contributed by atoms with Crippen LogP contribution < -0.4 is 10.9 Å². The number of hydrogen-bond donors (Lipinski definition) is 4. The van der Waals surface area contributed by atoms with Crippen LogP contribution in [0, 0.1) is 0 Å². The van der Waals surface area contributed by atoms with Crippen LogP contribution in [0.25, 0.3) is 0 Å². The third kappa shape index (κ3) is 2.63. The van der Waals surface area contributed by atoms with Gasteiger partial charge in [-0.1, -0.05) is 6.07 Å². The number of aryl methyl sites for hydroxylation is 1. The topological polar surface area (TPSA) is 85.3 Å². The van der Waals surface area contributed by atoms with E-state index in [0.717, 1.165) is 30.5 Å². The molecule has 0 aromatic carbocycles. The fourth-order valence-corrected chi connectivity index (χ4v) is 2.41. The molecule has 0 spiro atoms. The van der Waals surface area contributed by atoms with Crippen molar-refractivity contribution in [3.8, 4) is 0 Å². The minimum absolute atomic E-state index is 0.0647. The van der Waals surface area contributed by atoms with E-state index in [0.29, 0.717) is 0 Å². The average Bonchev–Trinajstić information content (AvgIpc) is 2.38. The molecule has 100 valence electrons. The second kappa shape index (κ2) is 5.22. The van der Waals surface area contributed by atoms with Crippen molar-refractivity contribution in [3.63, 3.8) is 0 Å². The molecule has 1 aromatic rings. The van der Waals surface area contributed by atoms with Crippen LogP contribution in [0.15, 0.2) is 16.9 Å². The summed E-state index contributed by atoms with van der Waals surface area (Å²) in [4.78, 5) is 14.1. The maximum Gasteiger partial charge on any atom is 0.248 e. The Bertz CT molecular complexity index is 466. The van der Waals surface area contributed by atoms with Gasteiger partial charge in [-0.3, -0.25) is 4.79 Å². The molecule has 0 saturated heterocycles. The van der Waals surface area contributed by atoms with E-state index in [2.05, 4.69) is 10.3 Å². The summed E-state index contributed by atoms with van der Waals surface area (Å²) in [7, 11) is 0. The summed E-state index contributed by atoms with van der Waals surface area (Å²) in [6.07, 6.45) is 2.80. The summed E-state index contributed by atoms with van der Waals surface area (Å²) in [5.74, 6) is 0. The summed E-state index contributed by atoms with van der Waals surface area (Å²) in [6.45, 7) is 1.53. The number of pyridine rings is 1. The molecule has 18 heavy (non-hydrogen) atoms. The SMILES string of the molecule is CC(CO)(CO)NC1CCCc2[nH]c(=O)ccc21. The molecule has 4 N–H and O–H groups in total. The van der Waals surface area contributed by atoms with Crippen LogP contribution in [-0.4, -0.2) is 33.9 Å². The third-order valence-corrected chi connectivity index (χ3v) is 3.55. The van der Waals surface area contributed by atoms with Crippen LogP contribution in [0.2, 0.25) is 0 Å². The van der Waals surface area contributed by atoms with Crippen molar-refractivity contribution in [2.24, 2.45) is 0 Å². The van der Waals surface area contributed by atoms with Gasteiger partial charge in [0.05, 0.1) is 18.8 Å². The molecular formula is C13H20N2O3. The van der Waals surface area contributed by atoms with Gasteiger partial charge in [-0.25, -0.2) is 0 Å². The summed E-state index contributed by atoms with van der Waals surface area (Å²) in [6, 6.07) is 3.42. The van der Waals surface area contributed by atoms with Crippen LogP contribution in [-0.2, 0) is 6.42 Å². The molecule has 0 fully saturated rings. The smallest absolute Gasteiger partial charge is 0.248 e. The lowest BCUT2D eigenvalue weighted by Crippen LogP contribution is -2.51. The van der Waals surface area contributed by atoms with Gasteiger partial charge in [-0.2, -0.15) is 0 Å². The van der Waals surface area contributed by atoms with Crippen LogP contribution in [0.1, 0.15) is 37.1 Å². The molecule has 1 aromatic heterocycles. The van der Waals surface area contributed by atoms with Gasteiger partial charge in [-0.15, -0.1) is 0 Å². The number of fused-ring (bicyclic) bond motifs is 1. The second-order valence-corrected chi connectivity index (χ2v) is 5.22. The molecule has 0 radical (unpaired) electrons. The van der Waals surface area contributed by atoms with Crippen LogP contribution >= 0.6 is 0 Å². The lowest BCUT2D eigenvalue weighted by molar-refractivity contribution is 0.0913. The van der Waals surface area contributed by atoms with Crippen molar-refractivity contribution in [2.75, 3.05) is 13.2 Å². The van der Waals surface area contributed by atoms with E-state index < -0.39 is 5.54 Å². The number of aromatic amines is 1. The number of hydrogen-bond acceptors (Lipinski definition) is 4. The van der Waals surface area contributed by atoms with E-state index in [1.807, 2.05) is 6.07 Å². The minimum atomic E-state index is -0.699. The average molecular weight is 252 g/mol. The summed E-state index contributed by atoms with van der Waals surface area (Å²) < 4.78 is 0.